The lowest BCUT2D eigenvalue weighted by Gasteiger charge is -2.08. The fraction of sp³-hybridized carbons (Fsp3) is 0.364. The van der Waals surface area contributed by atoms with Crippen molar-refractivity contribution in [1.29, 1.82) is 0 Å². The number of nitrogen functional groups attached to an aromatic ring is 1. The Morgan fingerprint density at radius 2 is 2.13 bits per heavy atom. The molecule has 4 heteroatoms. The van der Waals surface area contributed by atoms with Crippen molar-refractivity contribution in [2.24, 2.45) is 5.73 Å². The number of primary amides is 1. The second-order valence-electron chi connectivity index (χ2n) is 3.64. The lowest BCUT2D eigenvalue weighted by molar-refractivity contribution is 0.100. The van der Waals surface area contributed by atoms with Gasteiger partial charge in [-0.3, -0.25) is 4.79 Å². The van der Waals surface area contributed by atoms with Crippen LogP contribution in [0.5, 0.6) is 0 Å². The highest BCUT2D eigenvalue weighted by atomic mass is 32.2. The first-order chi connectivity index (χ1) is 7.00. The SMILES string of the molecule is CC(C)SCc1ccc(C(N)=O)cc1N. The molecule has 0 saturated carbocycles. The minimum absolute atomic E-state index is 0.440. The quantitative estimate of drug-likeness (QED) is 0.769. The highest BCUT2D eigenvalue weighted by Crippen LogP contribution is 2.22. The molecule has 1 aromatic rings. The summed E-state index contributed by atoms with van der Waals surface area (Å²) in [6, 6.07) is 5.22. The molecule has 0 aliphatic carbocycles. The van der Waals surface area contributed by atoms with Gasteiger partial charge in [-0.25, -0.2) is 0 Å². The first kappa shape index (κ1) is 11.9. The predicted molar refractivity (Wildman–Crippen MR) is 65.8 cm³/mol. The molecule has 0 aliphatic heterocycles. The highest BCUT2D eigenvalue weighted by Gasteiger charge is 2.05. The highest BCUT2D eigenvalue weighted by molar-refractivity contribution is 7.99. The Labute approximate surface area is 94.2 Å². The smallest absolute Gasteiger partial charge is 0.248 e. The maximum absolute atomic E-state index is 10.9. The Bertz CT molecular complexity index is 364. The summed E-state index contributed by atoms with van der Waals surface area (Å²) >= 11 is 1.82. The fourth-order valence-electron chi connectivity index (χ4n) is 1.14. The number of benzene rings is 1. The van der Waals surface area contributed by atoms with Crippen molar-refractivity contribution in [3.05, 3.63) is 29.3 Å². The molecule has 4 N–H and O–H groups in total. The van der Waals surface area contributed by atoms with Gasteiger partial charge in [0.2, 0.25) is 5.91 Å². The van der Waals surface area contributed by atoms with Crippen molar-refractivity contribution in [3.63, 3.8) is 0 Å². The molecule has 0 spiro atoms. The van der Waals surface area contributed by atoms with Crippen LogP contribution in [-0.2, 0) is 5.75 Å². The summed E-state index contributed by atoms with van der Waals surface area (Å²) in [6.07, 6.45) is 0. The molecular weight excluding hydrogens is 208 g/mol. The lowest BCUT2D eigenvalue weighted by Crippen LogP contribution is -2.11. The number of carbonyl (C=O) groups is 1. The van der Waals surface area contributed by atoms with Gasteiger partial charge in [-0.1, -0.05) is 19.9 Å². The molecule has 0 aliphatic rings. The van der Waals surface area contributed by atoms with Crippen LogP contribution in [0.15, 0.2) is 18.2 Å². The minimum atomic E-state index is -0.440. The molecule has 0 saturated heterocycles. The van der Waals surface area contributed by atoms with Gasteiger partial charge in [-0.05, 0) is 22.9 Å². The van der Waals surface area contributed by atoms with Crippen molar-refractivity contribution < 1.29 is 4.79 Å². The van der Waals surface area contributed by atoms with Gasteiger partial charge in [0.05, 0.1) is 0 Å². The number of hydrogen-bond donors (Lipinski definition) is 2. The third-order valence-corrected chi connectivity index (χ3v) is 3.15. The third kappa shape index (κ3) is 3.47. The zero-order valence-corrected chi connectivity index (χ0v) is 9.80. The molecule has 0 bridgehead atoms. The maximum Gasteiger partial charge on any atom is 0.248 e. The van der Waals surface area contributed by atoms with E-state index in [1.807, 2.05) is 17.8 Å². The number of hydrogen-bond acceptors (Lipinski definition) is 3. The Morgan fingerprint density at radius 3 is 2.60 bits per heavy atom. The summed E-state index contributed by atoms with van der Waals surface area (Å²) < 4.78 is 0. The van der Waals surface area contributed by atoms with Gasteiger partial charge in [0, 0.05) is 17.0 Å². The second kappa shape index (κ2) is 5.07. The van der Waals surface area contributed by atoms with E-state index in [2.05, 4.69) is 13.8 Å². The van der Waals surface area contributed by atoms with E-state index >= 15 is 0 Å². The molecule has 82 valence electrons. The van der Waals surface area contributed by atoms with Gasteiger partial charge in [0.15, 0.2) is 0 Å². The lowest BCUT2D eigenvalue weighted by atomic mass is 10.1. The predicted octanol–water partition coefficient (Wildman–Crippen LogP) is 2.01. The van der Waals surface area contributed by atoms with Gasteiger partial charge in [0.25, 0.3) is 0 Å². The molecular formula is C11H16N2OS. The van der Waals surface area contributed by atoms with Crippen LogP contribution in [0.3, 0.4) is 0 Å². The normalized spacial score (nSPS) is 10.6. The molecule has 0 radical (unpaired) electrons. The molecule has 1 aromatic carbocycles. The summed E-state index contributed by atoms with van der Waals surface area (Å²) in [5.41, 5.74) is 13.1. The minimum Gasteiger partial charge on any atom is -0.398 e. The molecule has 1 rings (SSSR count). The summed E-state index contributed by atoms with van der Waals surface area (Å²) in [4.78, 5) is 10.9. The number of amides is 1. The monoisotopic (exact) mass is 224 g/mol. The van der Waals surface area contributed by atoms with Crippen LogP contribution in [0.25, 0.3) is 0 Å². The molecule has 0 unspecified atom stereocenters. The summed E-state index contributed by atoms with van der Waals surface area (Å²) in [5, 5.41) is 0.570. The Balaban J connectivity index is 2.79. The average molecular weight is 224 g/mol. The molecule has 1 amide bonds. The third-order valence-electron chi connectivity index (χ3n) is 2.00. The van der Waals surface area contributed by atoms with Gasteiger partial charge >= 0.3 is 0 Å². The van der Waals surface area contributed by atoms with E-state index in [1.54, 1.807) is 12.1 Å². The van der Waals surface area contributed by atoms with Crippen molar-refractivity contribution in [2.75, 3.05) is 5.73 Å². The summed E-state index contributed by atoms with van der Waals surface area (Å²) in [5.74, 6) is 0.424. The maximum atomic E-state index is 10.9. The van der Waals surface area contributed by atoms with E-state index in [9.17, 15) is 4.79 Å². The van der Waals surface area contributed by atoms with E-state index < -0.39 is 5.91 Å². The van der Waals surface area contributed by atoms with E-state index in [4.69, 9.17) is 11.5 Å². The molecule has 0 fully saturated rings. The topological polar surface area (TPSA) is 69.1 Å². The first-order valence-electron chi connectivity index (χ1n) is 4.80. The van der Waals surface area contributed by atoms with Crippen LogP contribution >= 0.6 is 11.8 Å². The molecule has 0 aromatic heterocycles. The van der Waals surface area contributed by atoms with Crippen molar-refractivity contribution in [3.8, 4) is 0 Å². The fourth-order valence-corrected chi connectivity index (χ4v) is 1.91. The van der Waals surface area contributed by atoms with Crippen LogP contribution in [0.2, 0.25) is 0 Å². The van der Waals surface area contributed by atoms with E-state index in [0.717, 1.165) is 11.3 Å². The van der Waals surface area contributed by atoms with Gasteiger partial charge in [-0.15, -0.1) is 0 Å². The molecule has 3 nitrogen and oxygen atoms in total. The second-order valence-corrected chi connectivity index (χ2v) is 5.20. The average Bonchev–Trinajstić information content (AvgIpc) is 2.15. The van der Waals surface area contributed by atoms with Crippen LogP contribution in [-0.4, -0.2) is 11.2 Å². The van der Waals surface area contributed by atoms with Crippen LogP contribution < -0.4 is 11.5 Å². The molecule has 15 heavy (non-hydrogen) atoms. The summed E-state index contributed by atoms with van der Waals surface area (Å²) in [6.45, 7) is 4.28. The molecule has 0 atom stereocenters. The van der Waals surface area contributed by atoms with Gasteiger partial charge in [-0.2, -0.15) is 11.8 Å². The Kier molecular flexibility index (Phi) is 4.03. The van der Waals surface area contributed by atoms with Crippen molar-refractivity contribution >= 4 is 23.4 Å². The number of anilines is 1. The van der Waals surface area contributed by atoms with Crippen molar-refractivity contribution in [1.82, 2.24) is 0 Å². The number of rotatable bonds is 4. The number of nitrogens with two attached hydrogens (primary N) is 2. The van der Waals surface area contributed by atoms with E-state index in [0.29, 0.717) is 16.5 Å². The zero-order chi connectivity index (χ0) is 11.4. The van der Waals surface area contributed by atoms with Crippen molar-refractivity contribution in [2.45, 2.75) is 24.9 Å². The summed E-state index contributed by atoms with van der Waals surface area (Å²) in [7, 11) is 0. The zero-order valence-electron chi connectivity index (χ0n) is 8.99. The van der Waals surface area contributed by atoms with Gasteiger partial charge in [0.1, 0.15) is 0 Å². The van der Waals surface area contributed by atoms with E-state index in [1.165, 1.54) is 0 Å². The van der Waals surface area contributed by atoms with Crippen LogP contribution in [0.1, 0.15) is 29.8 Å². The van der Waals surface area contributed by atoms with Crippen LogP contribution in [0, 0.1) is 0 Å². The first-order valence-corrected chi connectivity index (χ1v) is 5.85. The largest absolute Gasteiger partial charge is 0.398 e. The molecule has 0 heterocycles. The van der Waals surface area contributed by atoms with E-state index in [-0.39, 0.29) is 0 Å². The van der Waals surface area contributed by atoms with Gasteiger partial charge < -0.3 is 11.5 Å². The van der Waals surface area contributed by atoms with Crippen LogP contribution in [0.4, 0.5) is 5.69 Å². The Hall–Kier alpha value is -1.16. The Morgan fingerprint density at radius 1 is 1.47 bits per heavy atom. The number of thioether (sulfide) groups is 1. The number of carbonyl (C=O) groups excluding carboxylic acids is 1. The standard InChI is InChI=1S/C11H16N2OS/c1-7(2)15-6-9-4-3-8(11(13)14)5-10(9)12/h3-5,7H,6,12H2,1-2H3,(H2,13,14).